The van der Waals surface area contributed by atoms with E-state index in [9.17, 15) is 4.79 Å². The van der Waals surface area contributed by atoms with Gasteiger partial charge in [0.15, 0.2) is 11.5 Å². The summed E-state index contributed by atoms with van der Waals surface area (Å²) in [6.45, 7) is 3.48. The van der Waals surface area contributed by atoms with Gasteiger partial charge in [0.25, 0.3) is 0 Å². The van der Waals surface area contributed by atoms with Crippen LogP contribution in [0.25, 0.3) is 0 Å². The summed E-state index contributed by atoms with van der Waals surface area (Å²) in [5.74, 6) is 2.43. The molecule has 5 heteroatoms. The van der Waals surface area contributed by atoms with Crippen molar-refractivity contribution in [3.63, 3.8) is 0 Å². The van der Waals surface area contributed by atoms with Crippen molar-refractivity contribution in [2.24, 2.45) is 11.8 Å². The number of rotatable bonds is 9. The fourth-order valence-corrected chi connectivity index (χ4v) is 3.92. The van der Waals surface area contributed by atoms with Crippen molar-refractivity contribution in [2.45, 2.75) is 32.7 Å². The minimum atomic E-state index is 0.124. The maximum Gasteiger partial charge on any atom is 0.225 e. The van der Waals surface area contributed by atoms with Gasteiger partial charge >= 0.3 is 0 Å². The highest BCUT2D eigenvalue weighted by Gasteiger charge is 2.34. The van der Waals surface area contributed by atoms with E-state index in [2.05, 4.69) is 23.8 Å². The van der Waals surface area contributed by atoms with Gasteiger partial charge in [-0.05, 0) is 65.3 Å². The van der Waals surface area contributed by atoms with Gasteiger partial charge in [-0.15, -0.1) is 0 Å². The summed E-state index contributed by atoms with van der Waals surface area (Å²) >= 11 is 1.68. The zero-order valence-corrected chi connectivity index (χ0v) is 16.6. The molecular formula is C21H27NO3S. The third kappa shape index (κ3) is 4.58. The molecule has 26 heavy (non-hydrogen) atoms. The van der Waals surface area contributed by atoms with E-state index >= 15 is 0 Å². The monoisotopic (exact) mass is 373 g/mol. The average Bonchev–Trinajstić information content (AvgIpc) is 3.40. The van der Waals surface area contributed by atoms with Crippen molar-refractivity contribution in [2.75, 3.05) is 20.8 Å². The summed E-state index contributed by atoms with van der Waals surface area (Å²) in [4.78, 5) is 15.0. The van der Waals surface area contributed by atoms with Crippen LogP contribution >= 0.6 is 11.3 Å². The zero-order valence-electron chi connectivity index (χ0n) is 15.7. The van der Waals surface area contributed by atoms with Crippen LogP contribution in [0.5, 0.6) is 11.5 Å². The fourth-order valence-electron chi connectivity index (χ4n) is 3.26. The molecule has 4 nitrogen and oxygen atoms in total. The summed E-state index contributed by atoms with van der Waals surface area (Å²) < 4.78 is 10.7. The second-order valence-corrected chi connectivity index (χ2v) is 7.74. The molecule has 1 aliphatic carbocycles. The lowest BCUT2D eigenvalue weighted by Crippen LogP contribution is -2.37. The molecule has 1 aromatic carbocycles. The van der Waals surface area contributed by atoms with Crippen LogP contribution in [-0.4, -0.2) is 31.6 Å². The standard InChI is InChI=1S/C21H27NO3S/c1-15(18-5-6-18)21(23)22(13-17-9-11-26-14-17)10-8-16-4-7-19(24-2)20(12-16)25-3/h4,7,9,11-12,14-15,18H,5-6,8,10,13H2,1-3H3. The molecule has 0 N–H and O–H groups in total. The van der Waals surface area contributed by atoms with Crippen molar-refractivity contribution in [3.8, 4) is 11.5 Å². The third-order valence-corrected chi connectivity index (χ3v) is 5.83. The molecule has 0 bridgehead atoms. The second kappa shape index (κ2) is 8.58. The van der Waals surface area contributed by atoms with Crippen LogP contribution in [0.2, 0.25) is 0 Å². The van der Waals surface area contributed by atoms with Crippen molar-refractivity contribution in [1.29, 1.82) is 0 Å². The minimum Gasteiger partial charge on any atom is -0.493 e. The smallest absolute Gasteiger partial charge is 0.225 e. The molecule has 1 unspecified atom stereocenters. The third-order valence-electron chi connectivity index (χ3n) is 5.10. The van der Waals surface area contributed by atoms with E-state index in [0.29, 0.717) is 19.0 Å². The molecule has 1 aromatic heterocycles. The van der Waals surface area contributed by atoms with Gasteiger partial charge in [0.05, 0.1) is 14.2 Å². The first-order chi connectivity index (χ1) is 12.6. The van der Waals surface area contributed by atoms with E-state index in [1.165, 1.54) is 18.4 Å². The number of benzene rings is 1. The summed E-state index contributed by atoms with van der Waals surface area (Å²) in [6.07, 6.45) is 3.18. The van der Waals surface area contributed by atoms with Crippen molar-refractivity contribution < 1.29 is 14.3 Å². The highest BCUT2D eigenvalue weighted by Crippen LogP contribution is 2.37. The second-order valence-electron chi connectivity index (χ2n) is 6.96. The Kier molecular flexibility index (Phi) is 6.20. The molecule has 1 heterocycles. The van der Waals surface area contributed by atoms with E-state index in [1.807, 2.05) is 23.1 Å². The van der Waals surface area contributed by atoms with Crippen LogP contribution in [0, 0.1) is 11.8 Å². The van der Waals surface area contributed by atoms with Gasteiger partial charge in [-0.2, -0.15) is 11.3 Å². The molecule has 1 fully saturated rings. The Balaban J connectivity index is 1.69. The Morgan fingerprint density at radius 3 is 2.58 bits per heavy atom. The molecule has 1 saturated carbocycles. The lowest BCUT2D eigenvalue weighted by molar-refractivity contribution is -0.136. The number of nitrogens with zero attached hydrogens (tertiary/aromatic N) is 1. The van der Waals surface area contributed by atoms with Crippen LogP contribution in [0.3, 0.4) is 0 Å². The SMILES string of the molecule is COc1ccc(CCN(Cc2ccsc2)C(=O)C(C)C2CC2)cc1OC. The number of amides is 1. The number of hydrogen-bond donors (Lipinski definition) is 0. The average molecular weight is 374 g/mol. The van der Waals surface area contributed by atoms with E-state index in [1.54, 1.807) is 25.6 Å². The number of carbonyl (C=O) groups excluding carboxylic acids is 1. The number of carbonyl (C=O) groups is 1. The number of hydrogen-bond acceptors (Lipinski definition) is 4. The topological polar surface area (TPSA) is 38.8 Å². The lowest BCUT2D eigenvalue weighted by atomic mass is 10.0. The highest BCUT2D eigenvalue weighted by atomic mass is 32.1. The predicted molar refractivity (Wildman–Crippen MR) is 105 cm³/mol. The summed E-state index contributed by atoms with van der Waals surface area (Å²) in [6, 6.07) is 8.06. The number of methoxy groups -OCH3 is 2. The fraction of sp³-hybridized carbons (Fsp3) is 0.476. The molecule has 0 saturated heterocycles. The molecule has 2 aromatic rings. The first-order valence-corrected chi connectivity index (χ1v) is 10.1. The number of thiophene rings is 1. The van der Waals surface area contributed by atoms with Gasteiger partial charge in [-0.3, -0.25) is 4.79 Å². The lowest BCUT2D eigenvalue weighted by Gasteiger charge is -2.26. The summed E-state index contributed by atoms with van der Waals surface area (Å²) in [7, 11) is 3.28. The first-order valence-electron chi connectivity index (χ1n) is 9.13. The Hall–Kier alpha value is -2.01. The normalized spacial score (nSPS) is 14.7. The maximum atomic E-state index is 13.0. The van der Waals surface area contributed by atoms with Crippen molar-refractivity contribution in [3.05, 3.63) is 46.2 Å². The predicted octanol–water partition coefficient (Wildman–Crippen LogP) is 4.38. The van der Waals surface area contributed by atoms with Gasteiger partial charge in [0, 0.05) is 19.0 Å². The van der Waals surface area contributed by atoms with Crippen molar-refractivity contribution in [1.82, 2.24) is 4.90 Å². The van der Waals surface area contributed by atoms with Crippen molar-refractivity contribution >= 4 is 17.2 Å². The summed E-state index contributed by atoms with van der Waals surface area (Å²) in [5, 5.41) is 4.19. The first kappa shape index (κ1) is 18.8. The molecule has 0 spiro atoms. The molecule has 3 rings (SSSR count). The van der Waals surface area contributed by atoms with Gasteiger partial charge in [-0.25, -0.2) is 0 Å². The van der Waals surface area contributed by atoms with Gasteiger partial charge < -0.3 is 14.4 Å². The minimum absolute atomic E-state index is 0.124. The molecule has 1 aliphatic rings. The molecule has 1 amide bonds. The molecule has 1 atom stereocenters. The Labute approximate surface area is 159 Å². The van der Waals surface area contributed by atoms with Crippen LogP contribution in [-0.2, 0) is 17.8 Å². The zero-order chi connectivity index (χ0) is 18.5. The van der Waals surface area contributed by atoms with E-state index in [-0.39, 0.29) is 11.8 Å². The van der Waals surface area contributed by atoms with E-state index in [4.69, 9.17) is 9.47 Å². The largest absolute Gasteiger partial charge is 0.493 e. The van der Waals surface area contributed by atoms with E-state index in [0.717, 1.165) is 23.5 Å². The van der Waals surface area contributed by atoms with Crippen LogP contribution in [0.4, 0.5) is 0 Å². The summed E-state index contributed by atoms with van der Waals surface area (Å²) in [5.41, 5.74) is 2.35. The van der Waals surface area contributed by atoms with Gasteiger partial charge in [-0.1, -0.05) is 13.0 Å². The maximum absolute atomic E-state index is 13.0. The molecular weight excluding hydrogens is 346 g/mol. The Morgan fingerprint density at radius 2 is 1.96 bits per heavy atom. The Bertz CT molecular complexity index is 725. The molecule has 140 valence electrons. The highest BCUT2D eigenvalue weighted by molar-refractivity contribution is 7.07. The molecule has 0 aliphatic heterocycles. The van der Waals surface area contributed by atoms with Crippen LogP contribution in [0.1, 0.15) is 30.9 Å². The van der Waals surface area contributed by atoms with Crippen LogP contribution < -0.4 is 9.47 Å². The van der Waals surface area contributed by atoms with Crippen LogP contribution in [0.15, 0.2) is 35.0 Å². The van der Waals surface area contributed by atoms with Gasteiger partial charge in [0.2, 0.25) is 5.91 Å². The number of ether oxygens (including phenoxy) is 2. The quantitative estimate of drug-likeness (QED) is 0.655. The van der Waals surface area contributed by atoms with Gasteiger partial charge in [0.1, 0.15) is 0 Å². The Morgan fingerprint density at radius 1 is 1.19 bits per heavy atom. The molecule has 0 radical (unpaired) electrons. The van der Waals surface area contributed by atoms with E-state index < -0.39 is 0 Å².